The second-order valence-corrected chi connectivity index (χ2v) is 5.85. The predicted molar refractivity (Wildman–Crippen MR) is 74.9 cm³/mol. The lowest BCUT2D eigenvalue weighted by atomic mass is 10.1. The number of unbranched alkanes of at least 4 members (excludes halogenated alkanes) is 8. The van der Waals surface area contributed by atoms with Gasteiger partial charge in [0.15, 0.2) is 6.00 Å². The monoisotopic (exact) mass is 327 g/mol. The van der Waals surface area contributed by atoms with Gasteiger partial charge in [-0.15, -0.1) is 0 Å². The van der Waals surface area contributed by atoms with Crippen molar-refractivity contribution < 1.29 is 21.5 Å². The van der Waals surface area contributed by atoms with E-state index < -0.39 is 0 Å². The maximum Gasteiger partial charge on any atom is 0.154 e. The van der Waals surface area contributed by atoms with Crippen LogP contribution in [0.4, 0.5) is 0 Å². The van der Waals surface area contributed by atoms with Crippen molar-refractivity contribution in [2.45, 2.75) is 64.7 Å². The molecule has 0 aromatic carbocycles. The van der Waals surface area contributed by atoms with Gasteiger partial charge >= 0.3 is 0 Å². The summed E-state index contributed by atoms with van der Waals surface area (Å²) in [5.74, 6) is 0. The van der Waals surface area contributed by atoms with Gasteiger partial charge < -0.3 is 21.5 Å². The number of alkyl halides is 1. The van der Waals surface area contributed by atoms with Gasteiger partial charge in [-0.1, -0.05) is 63.5 Å². The second-order valence-electron chi connectivity index (χ2n) is 5.61. The molecule has 0 aromatic rings. The average Bonchev–Trinajstić information content (AvgIpc) is 2.27. The Kier molecular flexibility index (Phi) is 15.5. The Hall–Kier alpha value is 0.730. The van der Waals surface area contributed by atoms with Gasteiger partial charge in [-0.3, -0.25) is 0 Å². The lowest BCUT2D eigenvalue weighted by molar-refractivity contribution is -0.879. The third-order valence-corrected chi connectivity index (χ3v) is 3.84. The summed E-state index contributed by atoms with van der Waals surface area (Å²) in [6, 6.07) is 0.733. The molecule has 0 aliphatic carbocycles. The molecule has 0 bridgehead atoms. The Morgan fingerprint density at radius 1 is 0.765 bits per heavy atom. The minimum absolute atomic E-state index is 0. The Bertz CT molecular complexity index is 151. The maximum absolute atomic E-state index is 5.88. The van der Waals surface area contributed by atoms with E-state index in [1.807, 2.05) is 0 Å². The quantitative estimate of drug-likeness (QED) is 0.235. The van der Waals surface area contributed by atoms with Crippen molar-refractivity contribution in [3.63, 3.8) is 0 Å². The molecule has 0 atom stereocenters. The van der Waals surface area contributed by atoms with Crippen molar-refractivity contribution >= 4 is 11.6 Å². The molecular weight excluding hydrogens is 298 g/mol. The number of hydrogen-bond donors (Lipinski definition) is 0. The molecule has 0 fully saturated rings. The highest BCUT2D eigenvalue weighted by Crippen LogP contribution is 2.11. The maximum atomic E-state index is 5.88. The minimum Gasteiger partial charge on any atom is -1.00 e. The zero-order valence-electron chi connectivity index (χ0n) is 12.0. The Labute approximate surface area is 124 Å². The SMILES string of the molecule is CCCCCCCCCCC[N+](C)(C)CCl.[Br-]. The van der Waals surface area contributed by atoms with E-state index in [0.717, 1.165) is 10.5 Å². The molecule has 3 heteroatoms. The fourth-order valence-corrected chi connectivity index (χ4v) is 2.03. The van der Waals surface area contributed by atoms with Gasteiger partial charge in [0.2, 0.25) is 0 Å². The first kappa shape index (κ1) is 20.1. The summed E-state index contributed by atoms with van der Waals surface area (Å²) in [5.41, 5.74) is 0. The lowest BCUT2D eigenvalue weighted by Gasteiger charge is -2.26. The third-order valence-electron chi connectivity index (χ3n) is 3.19. The van der Waals surface area contributed by atoms with Crippen LogP contribution in [0.3, 0.4) is 0 Å². The topological polar surface area (TPSA) is 0 Å². The minimum atomic E-state index is 0. The number of rotatable bonds is 11. The highest BCUT2D eigenvalue weighted by molar-refractivity contribution is 6.16. The molecule has 1 nitrogen and oxygen atoms in total. The first-order chi connectivity index (χ1) is 7.62. The van der Waals surface area contributed by atoms with Crippen LogP contribution in [0, 0.1) is 0 Å². The van der Waals surface area contributed by atoms with E-state index in [4.69, 9.17) is 11.6 Å². The van der Waals surface area contributed by atoms with Crippen LogP contribution in [0.5, 0.6) is 0 Å². The van der Waals surface area contributed by atoms with Gasteiger partial charge in [0.25, 0.3) is 0 Å². The molecule has 106 valence electrons. The Morgan fingerprint density at radius 3 is 1.59 bits per heavy atom. The van der Waals surface area contributed by atoms with E-state index in [0.29, 0.717) is 0 Å². The third kappa shape index (κ3) is 14.7. The molecule has 0 amide bonds. The molecule has 0 N–H and O–H groups in total. The van der Waals surface area contributed by atoms with Crippen LogP contribution >= 0.6 is 11.6 Å². The van der Waals surface area contributed by atoms with Crippen molar-refractivity contribution in [2.75, 3.05) is 26.6 Å². The van der Waals surface area contributed by atoms with Crippen LogP contribution in [-0.2, 0) is 0 Å². The van der Waals surface area contributed by atoms with Gasteiger partial charge in [-0.2, -0.15) is 0 Å². The standard InChI is InChI=1S/C14H31ClN.BrH/c1-4-5-6-7-8-9-10-11-12-13-16(2,3)14-15;/h4-14H2,1-3H3;1H/q+1;/p-1. The summed E-state index contributed by atoms with van der Waals surface area (Å²) in [7, 11) is 4.41. The lowest BCUT2D eigenvalue weighted by Crippen LogP contribution is -3.00. The van der Waals surface area contributed by atoms with Gasteiger partial charge in [-0.25, -0.2) is 0 Å². The molecule has 0 radical (unpaired) electrons. The van der Waals surface area contributed by atoms with Crippen molar-refractivity contribution in [1.29, 1.82) is 0 Å². The van der Waals surface area contributed by atoms with Crippen LogP contribution in [0.15, 0.2) is 0 Å². The highest BCUT2D eigenvalue weighted by atomic mass is 79.9. The van der Waals surface area contributed by atoms with Gasteiger partial charge in [0, 0.05) is 0 Å². The van der Waals surface area contributed by atoms with Crippen molar-refractivity contribution in [1.82, 2.24) is 0 Å². The molecule has 0 aliphatic rings. The number of nitrogens with zero attached hydrogens (tertiary/aromatic N) is 1. The van der Waals surface area contributed by atoms with E-state index >= 15 is 0 Å². The normalized spacial score (nSPS) is 11.3. The molecular formula is C14H31BrClN. The first-order valence-electron chi connectivity index (χ1n) is 7.00. The molecule has 0 aromatic heterocycles. The largest absolute Gasteiger partial charge is 1.00 e. The smallest absolute Gasteiger partial charge is 0.154 e. The molecule has 0 aliphatic heterocycles. The molecule has 0 spiro atoms. The molecule has 0 saturated carbocycles. The number of halogens is 2. The van der Waals surface area contributed by atoms with Crippen LogP contribution in [0.2, 0.25) is 0 Å². The Morgan fingerprint density at radius 2 is 1.18 bits per heavy atom. The number of quaternary nitrogens is 1. The predicted octanol–water partition coefficient (Wildman–Crippen LogP) is 1.79. The first-order valence-corrected chi connectivity index (χ1v) is 7.54. The fraction of sp³-hybridized carbons (Fsp3) is 1.00. The summed E-state index contributed by atoms with van der Waals surface area (Å²) < 4.78 is 0.956. The zero-order valence-corrected chi connectivity index (χ0v) is 14.3. The highest BCUT2D eigenvalue weighted by Gasteiger charge is 2.11. The van der Waals surface area contributed by atoms with E-state index in [-0.39, 0.29) is 17.0 Å². The van der Waals surface area contributed by atoms with Crippen LogP contribution in [0.25, 0.3) is 0 Å². The van der Waals surface area contributed by atoms with E-state index in [1.54, 1.807) is 0 Å². The van der Waals surface area contributed by atoms with Crippen LogP contribution in [-0.4, -0.2) is 31.1 Å². The van der Waals surface area contributed by atoms with Crippen molar-refractivity contribution in [3.05, 3.63) is 0 Å². The zero-order chi connectivity index (χ0) is 12.3. The van der Waals surface area contributed by atoms with Crippen molar-refractivity contribution in [3.8, 4) is 0 Å². The van der Waals surface area contributed by atoms with Crippen LogP contribution in [0.1, 0.15) is 64.7 Å². The van der Waals surface area contributed by atoms with Gasteiger partial charge in [0.1, 0.15) is 0 Å². The summed E-state index contributed by atoms with van der Waals surface area (Å²) in [6.45, 7) is 3.50. The van der Waals surface area contributed by atoms with Gasteiger partial charge in [0.05, 0.1) is 20.6 Å². The molecule has 17 heavy (non-hydrogen) atoms. The fourth-order valence-electron chi connectivity index (χ4n) is 1.91. The molecule has 0 unspecified atom stereocenters. The summed E-state index contributed by atoms with van der Waals surface area (Å²) in [4.78, 5) is 0. The van der Waals surface area contributed by atoms with Gasteiger partial charge in [-0.05, 0) is 12.8 Å². The molecule has 0 heterocycles. The number of hydrogen-bond acceptors (Lipinski definition) is 0. The summed E-state index contributed by atoms with van der Waals surface area (Å²) >= 11 is 5.88. The Balaban J connectivity index is 0. The average molecular weight is 329 g/mol. The van der Waals surface area contributed by atoms with E-state index in [2.05, 4.69) is 21.0 Å². The van der Waals surface area contributed by atoms with Crippen molar-refractivity contribution in [2.24, 2.45) is 0 Å². The van der Waals surface area contributed by atoms with E-state index in [1.165, 1.54) is 64.3 Å². The van der Waals surface area contributed by atoms with Crippen LogP contribution < -0.4 is 17.0 Å². The molecule has 0 saturated heterocycles. The second kappa shape index (κ2) is 13.2. The molecule has 0 rings (SSSR count). The summed E-state index contributed by atoms with van der Waals surface area (Å²) in [6.07, 6.45) is 12.6. The van der Waals surface area contributed by atoms with E-state index in [9.17, 15) is 0 Å². The summed E-state index contributed by atoms with van der Waals surface area (Å²) in [5, 5.41) is 0.